The molecule has 1 aliphatic heterocycles. The van der Waals surface area contributed by atoms with Crippen molar-refractivity contribution in [2.75, 3.05) is 32.2 Å². The first kappa shape index (κ1) is 12.7. The number of nitrogens with one attached hydrogen (secondary N) is 1. The number of ether oxygens (including phenoxy) is 1. The summed E-state index contributed by atoms with van der Waals surface area (Å²) in [7, 11) is 4.05. The molecule has 3 nitrogen and oxygen atoms in total. The zero-order chi connectivity index (χ0) is 12.3. The van der Waals surface area contributed by atoms with Gasteiger partial charge in [-0.05, 0) is 25.6 Å². The normalized spacial score (nSPS) is 19.6. The molecule has 1 fully saturated rings. The number of rotatable bonds is 4. The predicted molar refractivity (Wildman–Crippen MR) is 71.8 cm³/mol. The van der Waals surface area contributed by atoms with Crippen LogP contribution in [-0.2, 0) is 11.3 Å². The number of anilines is 1. The summed E-state index contributed by atoms with van der Waals surface area (Å²) in [5.41, 5.74) is 2.36. The minimum absolute atomic E-state index is 0.462. The Morgan fingerprint density at radius 3 is 3.00 bits per heavy atom. The van der Waals surface area contributed by atoms with Gasteiger partial charge in [0.05, 0.1) is 12.6 Å². The molecule has 1 aromatic carbocycles. The van der Waals surface area contributed by atoms with Crippen molar-refractivity contribution in [3.8, 4) is 0 Å². The largest absolute Gasteiger partial charge is 0.379 e. The molecular formula is C13H19ClN2O. The molecule has 1 saturated heterocycles. The third-order valence-corrected chi connectivity index (χ3v) is 3.64. The van der Waals surface area contributed by atoms with Gasteiger partial charge in [-0.2, -0.15) is 0 Å². The lowest BCUT2D eigenvalue weighted by Gasteiger charge is -2.28. The van der Waals surface area contributed by atoms with Crippen LogP contribution in [0, 0.1) is 0 Å². The SMILES string of the molecule is CNCc1c(Cl)cccc1N(C)C1CCOC1. The average molecular weight is 255 g/mol. The summed E-state index contributed by atoms with van der Waals surface area (Å²) in [4.78, 5) is 2.28. The van der Waals surface area contributed by atoms with E-state index in [0.29, 0.717) is 6.04 Å². The highest BCUT2D eigenvalue weighted by Gasteiger charge is 2.22. The Bertz CT molecular complexity index is 378. The van der Waals surface area contributed by atoms with E-state index in [1.54, 1.807) is 0 Å². The Hall–Kier alpha value is -0.770. The third-order valence-electron chi connectivity index (χ3n) is 3.28. The van der Waals surface area contributed by atoms with Gasteiger partial charge in [0.2, 0.25) is 0 Å². The lowest BCUT2D eigenvalue weighted by Crippen LogP contribution is -2.32. The van der Waals surface area contributed by atoms with Gasteiger partial charge < -0.3 is 15.0 Å². The van der Waals surface area contributed by atoms with E-state index >= 15 is 0 Å². The topological polar surface area (TPSA) is 24.5 Å². The maximum absolute atomic E-state index is 6.26. The van der Waals surface area contributed by atoms with Crippen molar-refractivity contribution >= 4 is 17.3 Å². The Morgan fingerprint density at radius 1 is 1.53 bits per heavy atom. The zero-order valence-corrected chi connectivity index (χ0v) is 11.1. The zero-order valence-electron chi connectivity index (χ0n) is 10.4. The van der Waals surface area contributed by atoms with Gasteiger partial charge in [0, 0.05) is 36.5 Å². The number of benzene rings is 1. The molecule has 4 heteroatoms. The van der Waals surface area contributed by atoms with Gasteiger partial charge in [0.15, 0.2) is 0 Å². The fraction of sp³-hybridized carbons (Fsp3) is 0.538. The Labute approximate surface area is 108 Å². The molecule has 94 valence electrons. The predicted octanol–water partition coefficient (Wildman–Crippen LogP) is 2.28. The van der Waals surface area contributed by atoms with Crippen LogP contribution in [0.2, 0.25) is 5.02 Å². The molecule has 0 bridgehead atoms. The van der Waals surface area contributed by atoms with E-state index in [9.17, 15) is 0 Å². The Balaban J connectivity index is 2.26. The number of nitrogens with zero attached hydrogens (tertiary/aromatic N) is 1. The maximum Gasteiger partial charge on any atom is 0.0670 e. The van der Waals surface area contributed by atoms with E-state index in [4.69, 9.17) is 16.3 Å². The summed E-state index contributed by atoms with van der Waals surface area (Å²) in [5.74, 6) is 0. The van der Waals surface area contributed by atoms with Crippen molar-refractivity contribution in [2.45, 2.75) is 19.0 Å². The summed E-state index contributed by atoms with van der Waals surface area (Å²) in [5, 5.41) is 3.99. The molecule has 1 aliphatic rings. The van der Waals surface area contributed by atoms with Crippen LogP contribution < -0.4 is 10.2 Å². The quantitative estimate of drug-likeness (QED) is 0.892. The van der Waals surface area contributed by atoms with Crippen LogP contribution in [0.5, 0.6) is 0 Å². The van der Waals surface area contributed by atoms with Crippen molar-refractivity contribution in [2.24, 2.45) is 0 Å². The van der Waals surface area contributed by atoms with Crippen LogP contribution in [0.25, 0.3) is 0 Å². The van der Waals surface area contributed by atoms with Crippen LogP contribution in [-0.4, -0.2) is 33.4 Å². The first-order valence-corrected chi connectivity index (χ1v) is 6.34. The summed E-state index contributed by atoms with van der Waals surface area (Å²) in [6, 6.07) is 6.53. The van der Waals surface area contributed by atoms with Gasteiger partial charge in [0.25, 0.3) is 0 Å². The molecule has 1 atom stereocenters. The summed E-state index contributed by atoms with van der Waals surface area (Å²) in [6.07, 6.45) is 1.09. The van der Waals surface area contributed by atoms with E-state index in [1.165, 1.54) is 5.69 Å². The lowest BCUT2D eigenvalue weighted by atomic mass is 10.1. The molecule has 1 unspecified atom stereocenters. The molecule has 0 radical (unpaired) electrons. The highest BCUT2D eigenvalue weighted by atomic mass is 35.5. The minimum Gasteiger partial charge on any atom is -0.379 e. The second-order valence-corrected chi connectivity index (χ2v) is 4.80. The Kier molecular flexibility index (Phi) is 4.26. The van der Waals surface area contributed by atoms with Gasteiger partial charge >= 0.3 is 0 Å². The van der Waals surface area contributed by atoms with Crippen molar-refractivity contribution in [1.82, 2.24) is 5.32 Å². The molecule has 0 aromatic heterocycles. The van der Waals surface area contributed by atoms with Crippen LogP contribution in [0.4, 0.5) is 5.69 Å². The smallest absolute Gasteiger partial charge is 0.0670 e. The minimum atomic E-state index is 0.462. The molecule has 0 aliphatic carbocycles. The molecule has 0 spiro atoms. The molecule has 0 saturated carbocycles. The average Bonchev–Trinajstić information content (AvgIpc) is 2.85. The van der Waals surface area contributed by atoms with Gasteiger partial charge in [-0.1, -0.05) is 17.7 Å². The van der Waals surface area contributed by atoms with Crippen molar-refractivity contribution in [3.05, 3.63) is 28.8 Å². The number of hydrogen-bond donors (Lipinski definition) is 1. The van der Waals surface area contributed by atoms with Crippen LogP contribution >= 0.6 is 11.6 Å². The van der Waals surface area contributed by atoms with Crippen LogP contribution in [0.1, 0.15) is 12.0 Å². The monoisotopic (exact) mass is 254 g/mol. The highest BCUT2D eigenvalue weighted by Crippen LogP contribution is 2.29. The second kappa shape index (κ2) is 5.71. The fourth-order valence-electron chi connectivity index (χ4n) is 2.25. The molecular weight excluding hydrogens is 236 g/mol. The van der Waals surface area contributed by atoms with Gasteiger partial charge in [-0.15, -0.1) is 0 Å². The number of hydrogen-bond acceptors (Lipinski definition) is 3. The van der Waals surface area contributed by atoms with Crippen LogP contribution in [0.3, 0.4) is 0 Å². The van der Waals surface area contributed by atoms with Gasteiger partial charge in [0.1, 0.15) is 0 Å². The fourth-order valence-corrected chi connectivity index (χ4v) is 2.49. The molecule has 0 amide bonds. The van der Waals surface area contributed by atoms with Gasteiger partial charge in [-0.25, -0.2) is 0 Å². The van der Waals surface area contributed by atoms with Crippen molar-refractivity contribution < 1.29 is 4.74 Å². The highest BCUT2D eigenvalue weighted by molar-refractivity contribution is 6.31. The van der Waals surface area contributed by atoms with E-state index < -0.39 is 0 Å². The third kappa shape index (κ3) is 2.73. The first-order valence-electron chi connectivity index (χ1n) is 5.96. The first-order chi connectivity index (χ1) is 8.24. The molecule has 1 N–H and O–H groups in total. The lowest BCUT2D eigenvalue weighted by molar-refractivity contribution is 0.193. The number of halogens is 1. The molecule has 1 aromatic rings. The second-order valence-electron chi connectivity index (χ2n) is 4.40. The summed E-state index contributed by atoms with van der Waals surface area (Å²) < 4.78 is 5.44. The standard InChI is InChI=1S/C13H19ClN2O/c1-15-8-11-12(14)4-3-5-13(11)16(2)10-6-7-17-9-10/h3-5,10,15H,6-9H2,1-2H3. The van der Waals surface area contributed by atoms with E-state index in [0.717, 1.165) is 36.8 Å². The maximum atomic E-state index is 6.26. The van der Waals surface area contributed by atoms with E-state index in [2.05, 4.69) is 23.3 Å². The van der Waals surface area contributed by atoms with E-state index in [1.807, 2.05) is 19.2 Å². The molecule has 2 rings (SSSR count). The van der Waals surface area contributed by atoms with Crippen LogP contribution in [0.15, 0.2) is 18.2 Å². The molecule has 17 heavy (non-hydrogen) atoms. The van der Waals surface area contributed by atoms with Gasteiger partial charge in [-0.3, -0.25) is 0 Å². The summed E-state index contributed by atoms with van der Waals surface area (Å²) >= 11 is 6.26. The Morgan fingerprint density at radius 2 is 2.35 bits per heavy atom. The van der Waals surface area contributed by atoms with Crippen molar-refractivity contribution in [3.63, 3.8) is 0 Å². The van der Waals surface area contributed by atoms with E-state index in [-0.39, 0.29) is 0 Å². The molecule has 1 heterocycles. The summed E-state index contributed by atoms with van der Waals surface area (Å²) in [6.45, 7) is 2.45. The number of likely N-dealkylation sites (N-methyl/N-ethyl adjacent to an activating group) is 1. The van der Waals surface area contributed by atoms with Crippen molar-refractivity contribution in [1.29, 1.82) is 0 Å².